The van der Waals surface area contributed by atoms with Gasteiger partial charge in [0.15, 0.2) is 0 Å². The molecule has 2 N–H and O–H groups in total. The molecule has 1 aromatic rings. The highest BCUT2D eigenvalue weighted by Gasteiger charge is 2.35. The van der Waals surface area contributed by atoms with Crippen molar-refractivity contribution in [2.75, 3.05) is 6.54 Å². The number of hydrogen-bond donors (Lipinski definition) is 2. The van der Waals surface area contributed by atoms with Gasteiger partial charge in [-0.1, -0.05) is 0 Å². The summed E-state index contributed by atoms with van der Waals surface area (Å²) in [4.78, 5) is 0.148. The van der Waals surface area contributed by atoms with Crippen LogP contribution in [-0.2, 0) is 10.0 Å². The third-order valence-electron chi connectivity index (χ3n) is 3.47. The zero-order chi connectivity index (χ0) is 14.1. The van der Waals surface area contributed by atoms with Crippen LogP contribution in [0.5, 0.6) is 0 Å². The molecule has 0 aromatic heterocycles. The molecule has 0 heterocycles. The molecule has 1 aliphatic rings. The second-order valence-electron chi connectivity index (χ2n) is 4.99. The Balaban J connectivity index is 2.17. The molecule has 0 unspecified atom stereocenters. The molecule has 0 spiro atoms. The maximum absolute atomic E-state index is 12.1. The number of nitriles is 1. The number of rotatable bonds is 4. The van der Waals surface area contributed by atoms with Crippen molar-refractivity contribution in [3.63, 3.8) is 0 Å². The first-order chi connectivity index (χ1) is 8.86. The van der Waals surface area contributed by atoms with Gasteiger partial charge >= 0.3 is 0 Å². The number of sulfonamides is 1. The molecule has 102 valence electrons. The van der Waals surface area contributed by atoms with Gasteiger partial charge in [-0.25, -0.2) is 13.1 Å². The van der Waals surface area contributed by atoms with Crippen LogP contribution in [0.2, 0.25) is 0 Å². The van der Waals surface area contributed by atoms with Gasteiger partial charge in [0, 0.05) is 6.54 Å². The van der Waals surface area contributed by atoms with E-state index in [4.69, 9.17) is 5.26 Å². The van der Waals surface area contributed by atoms with Crippen LogP contribution in [0.4, 0.5) is 0 Å². The summed E-state index contributed by atoms with van der Waals surface area (Å²) in [5.74, 6) is 0. The lowest BCUT2D eigenvalue weighted by Gasteiger charge is -2.36. The molecular weight excluding hydrogens is 264 g/mol. The molecule has 0 bridgehead atoms. The molecule has 19 heavy (non-hydrogen) atoms. The van der Waals surface area contributed by atoms with Gasteiger partial charge in [0.1, 0.15) is 0 Å². The van der Waals surface area contributed by atoms with Gasteiger partial charge in [0.2, 0.25) is 10.0 Å². The summed E-state index contributed by atoms with van der Waals surface area (Å²) < 4.78 is 26.7. The molecule has 0 amide bonds. The van der Waals surface area contributed by atoms with Gasteiger partial charge in [0.25, 0.3) is 0 Å². The predicted molar refractivity (Wildman–Crippen MR) is 69.9 cm³/mol. The van der Waals surface area contributed by atoms with E-state index in [1.165, 1.54) is 18.2 Å². The Hall–Kier alpha value is -1.42. The lowest BCUT2D eigenvalue weighted by Crippen LogP contribution is -2.47. The summed E-state index contributed by atoms with van der Waals surface area (Å²) in [5, 5.41) is 18.7. The number of aliphatic hydroxyl groups is 1. The first-order valence-electron chi connectivity index (χ1n) is 6.09. The van der Waals surface area contributed by atoms with Crippen molar-refractivity contribution in [1.29, 1.82) is 5.26 Å². The lowest BCUT2D eigenvalue weighted by atomic mass is 9.81. The zero-order valence-electron chi connectivity index (χ0n) is 10.7. The van der Waals surface area contributed by atoms with Gasteiger partial charge in [-0.15, -0.1) is 0 Å². The van der Waals surface area contributed by atoms with E-state index in [-0.39, 0.29) is 11.4 Å². The highest BCUT2D eigenvalue weighted by Crippen LogP contribution is 2.31. The Morgan fingerprint density at radius 3 is 2.63 bits per heavy atom. The maximum atomic E-state index is 12.1. The highest BCUT2D eigenvalue weighted by molar-refractivity contribution is 7.89. The van der Waals surface area contributed by atoms with Crippen molar-refractivity contribution in [2.24, 2.45) is 0 Å². The van der Waals surface area contributed by atoms with Crippen LogP contribution in [-0.4, -0.2) is 25.7 Å². The molecule has 0 saturated heterocycles. The Morgan fingerprint density at radius 2 is 2.16 bits per heavy atom. The molecule has 1 fully saturated rings. The standard InChI is InChI=1S/C13H16N2O3S/c1-10-7-11(8-14)3-4-12(10)19(17,18)15-9-13(16)5-2-6-13/h3-4,7,15-16H,2,5-6,9H2,1H3. The monoisotopic (exact) mass is 280 g/mol. The average Bonchev–Trinajstić information content (AvgIpc) is 2.33. The minimum atomic E-state index is -3.64. The summed E-state index contributed by atoms with van der Waals surface area (Å²) >= 11 is 0. The highest BCUT2D eigenvalue weighted by atomic mass is 32.2. The van der Waals surface area contributed by atoms with E-state index < -0.39 is 15.6 Å². The van der Waals surface area contributed by atoms with Gasteiger partial charge in [-0.3, -0.25) is 0 Å². The zero-order valence-corrected chi connectivity index (χ0v) is 11.5. The van der Waals surface area contributed by atoms with Crippen LogP contribution in [0.15, 0.2) is 23.1 Å². The van der Waals surface area contributed by atoms with Crippen LogP contribution in [0.25, 0.3) is 0 Å². The quantitative estimate of drug-likeness (QED) is 0.863. The molecule has 1 saturated carbocycles. The number of nitrogens with zero attached hydrogens (tertiary/aromatic N) is 1. The third-order valence-corrected chi connectivity index (χ3v) is 5.03. The third kappa shape index (κ3) is 2.95. The lowest BCUT2D eigenvalue weighted by molar-refractivity contribution is -0.0270. The van der Waals surface area contributed by atoms with Crippen LogP contribution in [0.3, 0.4) is 0 Å². The van der Waals surface area contributed by atoms with Gasteiger partial charge in [-0.2, -0.15) is 5.26 Å². The fourth-order valence-corrected chi connectivity index (χ4v) is 3.43. The molecule has 0 atom stereocenters. The van der Waals surface area contributed by atoms with Gasteiger partial charge in [-0.05, 0) is 49.9 Å². The van der Waals surface area contributed by atoms with E-state index in [9.17, 15) is 13.5 Å². The molecule has 1 aromatic carbocycles. The summed E-state index contributed by atoms with van der Waals surface area (Å²) in [5.41, 5.74) is 0.0503. The SMILES string of the molecule is Cc1cc(C#N)ccc1S(=O)(=O)NCC1(O)CCC1. The smallest absolute Gasteiger partial charge is 0.240 e. The first-order valence-corrected chi connectivity index (χ1v) is 7.57. The minimum Gasteiger partial charge on any atom is -0.389 e. The Kier molecular flexibility index (Phi) is 3.63. The van der Waals surface area contributed by atoms with E-state index in [1.807, 2.05) is 6.07 Å². The van der Waals surface area contributed by atoms with E-state index >= 15 is 0 Å². The number of hydrogen-bond acceptors (Lipinski definition) is 4. The molecule has 6 heteroatoms. The minimum absolute atomic E-state index is 0.0365. The summed E-state index contributed by atoms with van der Waals surface area (Å²) in [6.07, 6.45) is 2.18. The van der Waals surface area contributed by atoms with Crippen molar-refractivity contribution in [1.82, 2.24) is 4.72 Å². The molecule has 0 aliphatic heterocycles. The Labute approximate surface area is 112 Å². The molecule has 1 aliphatic carbocycles. The van der Waals surface area contributed by atoms with E-state index in [0.29, 0.717) is 24.0 Å². The van der Waals surface area contributed by atoms with Gasteiger partial charge in [0.05, 0.1) is 22.1 Å². The second kappa shape index (κ2) is 4.93. The van der Waals surface area contributed by atoms with E-state index in [1.54, 1.807) is 6.92 Å². The van der Waals surface area contributed by atoms with Crippen LogP contribution >= 0.6 is 0 Å². The fourth-order valence-electron chi connectivity index (χ4n) is 2.09. The number of benzene rings is 1. The molecule has 2 rings (SSSR count). The van der Waals surface area contributed by atoms with Crippen LogP contribution < -0.4 is 4.72 Å². The Bertz CT molecular complexity index is 628. The van der Waals surface area contributed by atoms with Crippen LogP contribution in [0, 0.1) is 18.3 Å². The molecule has 5 nitrogen and oxygen atoms in total. The fraction of sp³-hybridized carbons (Fsp3) is 0.462. The average molecular weight is 280 g/mol. The van der Waals surface area contributed by atoms with Crippen molar-refractivity contribution in [3.8, 4) is 6.07 Å². The summed E-state index contributed by atoms with van der Waals surface area (Å²) in [7, 11) is -3.64. The van der Waals surface area contributed by atoms with Crippen molar-refractivity contribution >= 4 is 10.0 Å². The predicted octanol–water partition coefficient (Wildman–Crippen LogP) is 1.06. The normalized spacial score (nSPS) is 17.5. The van der Waals surface area contributed by atoms with E-state index in [0.717, 1.165) is 6.42 Å². The van der Waals surface area contributed by atoms with Crippen LogP contribution in [0.1, 0.15) is 30.4 Å². The summed E-state index contributed by atoms with van der Waals surface area (Å²) in [6.45, 7) is 1.68. The van der Waals surface area contributed by atoms with Crippen molar-refractivity contribution in [3.05, 3.63) is 29.3 Å². The first kappa shape index (κ1) is 14.0. The van der Waals surface area contributed by atoms with Crippen molar-refractivity contribution < 1.29 is 13.5 Å². The topological polar surface area (TPSA) is 90.2 Å². The van der Waals surface area contributed by atoms with E-state index in [2.05, 4.69) is 4.72 Å². The largest absolute Gasteiger partial charge is 0.389 e. The van der Waals surface area contributed by atoms with Crippen molar-refractivity contribution in [2.45, 2.75) is 36.7 Å². The van der Waals surface area contributed by atoms with Gasteiger partial charge < -0.3 is 5.11 Å². The number of aryl methyl sites for hydroxylation is 1. The second-order valence-corrected chi connectivity index (χ2v) is 6.73. The summed E-state index contributed by atoms with van der Waals surface area (Å²) in [6, 6.07) is 6.39. The number of nitrogens with one attached hydrogen (secondary N) is 1. The molecule has 0 radical (unpaired) electrons. The molecular formula is C13H16N2O3S. The Morgan fingerprint density at radius 1 is 1.47 bits per heavy atom. The maximum Gasteiger partial charge on any atom is 0.240 e.